The fourth-order valence-electron chi connectivity index (χ4n) is 3.41. The minimum absolute atomic E-state index is 0.108. The average molecular weight is 357 g/mol. The van der Waals surface area contributed by atoms with Gasteiger partial charge in [-0.3, -0.25) is 9.58 Å². The van der Waals surface area contributed by atoms with Gasteiger partial charge in [0.15, 0.2) is 5.54 Å². The number of likely N-dealkylation sites (tertiary alicyclic amines) is 1. The van der Waals surface area contributed by atoms with Crippen LogP contribution in [-0.4, -0.2) is 43.8 Å². The molecule has 1 aliphatic rings. The number of carboxylic acid groups (broad SMARTS) is 1. The molecule has 1 aliphatic heterocycles. The quantitative estimate of drug-likeness (QED) is 0.871. The van der Waals surface area contributed by atoms with Crippen molar-refractivity contribution in [1.29, 1.82) is 0 Å². The maximum absolute atomic E-state index is 12.1. The number of carboxylic acids is 1. The maximum Gasteiger partial charge on any atom is 0.331 e. The number of nitrogens with two attached hydrogens (primary N) is 1. The summed E-state index contributed by atoms with van der Waals surface area (Å²) in [6, 6.07) is 5.76. The van der Waals surface area contributed by atoms with Gasteiger partial charge >= 0.3 is 5.97 Å². The molecule has 0 aromatic carbocycles. The first kappa shape index (κ1) is 18.4. The van der Waals surface area contributed by atoms with Crippen molar-refractivity contribution in [2.45, 2.75) is 51.1 Å². The van der Waals surface area contributed by atoms with E-state index in [0.717, 1.165) is 11.3 Å². The minimum Gasteiger partial charge on any atom is -0.479 e. The van der Waals surface area contributed by atoms with Crippen molar-refractivity contribution in [2.75, 3.05) is 18.8 Å². The highest BCUT2D eigenvalue weighted by Gasteiger charge is 2.44. The molecule has 0 bridgehead atoms. The van der Waals surface area contributed by atoms with E-state index < -0.39 is 11.5 Å². The van der Waals surface area contributed by atoms with E-state index in [2.05, 4.69) is 35.8 Å². The number of hydrogen-bond acceptors (Lipinski definition) is 5. The summed E-state index contributed by atoms with van der Waals surface area (Å²) in [5, 5.41) is 14.6. The largest absolute Gasteiger partial charge is 0.479 e. The third-order valence-electron chi connectivity index (χ3n) is 5.20. The lowest BCUT2D eigenvalue weighted by Gasteiger charge is -2.39. The predicted molar refractivity (Wildman–Crippen MR) is 99.7 cm³/mol. The van der Waals surface area contributed by atoms with Gasteiger partial charge in [-0.05, 0) is 25.0 Å². The molecule has 0 unspecified atom stereocenters. The Balaban J connectivity index is 1.76. The van der Waals surface area contributed by atoms with E-state index in [1.807, 2.05) is 24.4 Å². The second kappa shape index (κ2) is 6.72. The number of aliphatic carboxylic acids is 1. The van der Waals surface area contributed by atoms with Crippen LogP contribution >= 0.6 is 0 Å². The van der Waals surface area contributed by atoms with Crippen LogP contribution in [-0.2, 0) is 22.3 Å². The van der Waals surface area contributed by atoms with Gasteiger partial charge in [0.25, 0.3) is 0 Å². The van der Waals surface area contributed by atoms with Crippen LogP contribution in [0.3, 0.4) is 0 Å². The van der Waals surface area contributed by atoms with E-state index in [-0.39, 0.29) is 5.41 Å². The second-order valence-corrected chi connectivity index (χ2v) is 8.06. The molecule has 0 aliphatic carbocycles. The lowest BCUT2D eigenvalue weighted by Crippen LogP contribution is -2.51. The van der Waals surface area contributed by atoms with Crippen LogP contribution in [0.25, 0.3) is 0 Å². The highest BCUT2D eigenvalue weighted by atomic mass is 16.4. The Kier molecular flexibility index (Phi) is 4.75. The molecule has 7 nitrogen and oxygen atoms in total. The third kappa shape index (κ3) is 3.44. The predicted octanol–water partition coefficient (Wildman–Crippen LogP) is 2.23. The summed E-state index contributed by atoms with van der Waals surface area (Å²) >= 11 is 0. The topological polar surface area (TPSA) is 97.3 Å². The standard InChI is InChI=1S/C19H27N5O2/c1-18(2,3)15-6-10-24(22-15)19(17(25)26)7-11-23(12-8-19)13-14-5-4-9-21-16(14)20/h4-6,9-10H,7-8,11-13H2,1-3H3,(H2,20,21)(H,25,26). The second-order valence-electron chi connectivity index (χ2n) is 8.06. The van der Waals surface area contributed by atoms with Crippen LogP contribution in [0.4, 0.5) is 5.82 Å². The Morgan fingerprint density at radius 2 is 2.00 bits per heavy atom. The van der Waals surface area contributed by atoms with Gasteiger partial charge in [0.05, 0.1) is 5.69 Å². The highest BCUT2D eigenvalue weighted by Crippen LogP contribution is 2.32. The van der Waals surface area contributed by atoms with Crippen LogP contribution < -0.4 is 5.73 Å². The number of nitrogen functional groups attached to an aromatic ring is 1. The van der Waals surface area contributed by atoms with Crippen LogP contribution in [0.5, 0.6) is 0 Å². The summed E-state index contributed by atoms with van der Waals surface area (Å²) in [5.74, 6) is -0.286. The first-order chi connectivity index (χ1) is 12.2. The molecule has 3 rings (SSSR count). The van der Waals surface area contributed by atoms with Crippen LogP contribution in [0.2, 0.25) is 0 Å². The fraction of sp³-hybridized carbons (Fsp3) is 0.526. The Morgan fingerprint density at radius 1 is 1.31 bits per heavy atom. The first-order valence-corrected chi connectivity index (χ1v) is 8.94. The zero-order chi connectivity index (χ0) is 18.9. The van der Waals surface area contributed by atoms with Gasteiger partial charge in [0, 0.05) is 43.0 Å². The fourth-order valence-corrected chi connectivity index (χ4v) is 3.41. The number of aromatic nitrogens is 3. The first-order valence-electron chi connectivity index (χ1n) is 8.94. The highest BCUT2D eigenvalue weighted by molar-refractivity contribution is 5.76. The monoisotopic (exact) mass is 357 g/mol. The number of pyridine rings is 1. The summed E-state index contributed by atoms with van der Waals surface area (Å²) in [6.45, 7) is 8.26. The van der Waals surface area contributed by atoms with Gasteiger partial charge in [-0.25, -0.2) is 9.78 Å². The van der Waals surface area contributed by atoms with E-state index >= 15 is 0 Å². The normalized spacial score (nSPS) is 18.0. The van der Waals surface area contributed by atoms with Crippen LogP contribution in [0, 0.1) is 0 Å². The summed E-state index contributed by atoms with van der Waals surface area (Å²) in [5.41, 5.74) is 6.72. The molecule has 1 fully saturated rings. The zero-order valence-corrected chi connectivity index (χ0v) is 15.6. The maximum atomic E-state index is 12.1. The SMILES string of the molecule is CC(C)(C)c1ccn(C2(C(=O)O)CCN(Cc3cccnc3N)CC2)n1. The van der Waals surface area contributed by atoms with Gasteiger partial charge < -0.3 is 10.8 Å². The minimum atomic E-state index is -0.986. The number of rotatable bonds is 4. The molecule has 0 amide bonds. The molecule has 0 atom stereocenters. The van der Waals surface area contributed by atoms with Crippen molar-refractivity contribution in [2.24, 2.45) is 0 Å². The van der Waals surface area contributed by atoms with Gasteiger partial charge in [0.1, 0.15) is 5.82 Å². The lowest BCUT2D eigenvalue weighted by molar-refractivity contribution is -0.151. The van der Waals surface area contributed by atoms with Gasteiger partial charge in [-0.1, -0.05) is 26.8 Å². The number of carbonyl (C=O) groups is 1. The third-order valence-corrected chi connectivity index (χ3v) is 5.20. The molecular formula is C19H27N5O2. The van der Waals surface area contributed by atoms with Crippen molar-refractivity contribution in [3.05, 3.63) is 41.9 Å². The Hall–Kier alpha value is -2.41. The van der Waals surface area contributed by atoms with E-state index in [9.17, 15) is 9.90 Å². The Bertz CT molecular complexity index is 785. The molecule has 7 heteroatoms. The van der Waals surface area contributed by atoms with Crippen molar-refractivity contribution >= 4 is 11.8 Å². The molecule has 2 aromatic rings. The smallest absolute Gasteiger partial charge is 0.331 e. The molecule has 3 N–H and O–H groups in total. The van der Waals surface area contributed by atoms with Crippen molar-refractivity contribution in [1.82, 2.24) is 19.7 Å². The van der Waals surface area contributed by atoms with Gasteiger partial charge in [-0.2, -0.15) is 5.10 Å². The van der Waals surface area contributed by atoms with E-state index in [4.69, 9.17) is 5.73 Å². The van der Waals surface area contributed by atoms with Crippen molar-refractivity contribution in [3.63, 3.8) is 0 Å². The van der Waals surface area contributed by atoms with Gasteiger partial charge in [-0.15, -0.1) is 0 Å². The summed E-state index contributed by atoms with van der Waals surface area (Å²) in [6.07, 6.45) is 4.50. The Morgan fingerprint density at radius 3 is 2.54 bits per heavy atom. The summed E-state index contributed by atoms with van der Waals surface area (Å²) in [4.78, 5) is 18.5. The van der Waals surface area contributed by atoms with Gasteiger partial charge in [0.2, 0.25) is 0 Å². The van der Waals surface area contributed by atoms with E-state index in [0.29, 0.717) is 38.3 Å². The number of hydrogen-bond donors (Lipinski definition) is 2. The lowest BCUT2D eigenvalue weighted by atomic mass is 9.87. The molecule has 0 spiro atoms. The van der Waals surface area contributed by atoms with Crippen LogP contribution in [0.1, 0.15) is 44.9 Å². The summed E-state index contributed by atoms with van der Waals surface area (Å²) < 4.78 is 1.66. The number of piperidine rings is 1. The Labute approximate surface area is 153 Å². The molecular weight excluding hydrogens is 330 g/mol. The number of nitrogens with zero attached hydrogens (tertiary/aromatic N) is 4. The molecule has 2 aromatic heterocycles. The summed E-state index contributed by atoms with van der Waals surface area (Å²) in [7, 11) is 0. The van der Waals surface area contributed by atoms with Crippen LogP contribution in [0.15, 0.2) is 30.6 Å². The molecule has 1 saturated heterocycles. The average Bonchev–Trinajstić information content (AvgIpc) is 3.08. The molecule has 0 saturated carbocycles. The van der Waals surface area contributed by atoms with E-state index in [1.165, 1.54) is 0 Å². The molecule has 3 heterocycles. The van der Waals surface area contributed by atoms with Crippen molar-refractivity contribution in [3.8, 4) is 0 Å². The van der Waals surface area contributed by atoms with E-state index in [1.54, 1.807) is 10.9 Å². The van der Waals surface area contributed by atoms with Crippen molar-refractivity contribution < 1.29 is 9.90 Å². The zero-order valence-electron chi connectivity index (χ0n) is 15.6. The molecule has 140 valence electrons. The molecule has 26 heavy (non-hydrogen) atoms. The molecule has 0 radical (unpaired) electrons. The number of anilines is 1.